The van der Waals surface area contributed by atoms with Crippen LogP contribution in [0.4, 0.5) is 0 Å². The molecule has 0 saturated heterocycles. The van der Waals surface area contributed by atoms with E-state index in [1.54, 1.807) is 0 Å². The molecule has 2 aromatic rings. The molecule has 1 heterocycles. The summed E-state index contributed by atoms with van der Waals surface area (Å²) in [4.78, 5) is 4.40. The lowest BCUT2D eigenvalue weighted by molar-refractivity contribution is 0.328. The maximum atomic E-state index is 5.60. The first-order valence-corrected chi connectivity index (χ1v) is 5.44. The molecule has 0 amide bonds. The van der Waals surface area contributed by atoms with Crippen LogP contribution in [0.1, 0.15) is 25.7 Å². The van der Waals surface area contributed by atoms with E-state index >= 15 is 0 Å². The fraction of sp³-hybridized carbons (Fsp3) is 0.417. The van der Waals surface area contributed by atoms with Crippen molar-refractivity contribution in [2.75, 3.05) is 13.2 Å². The molecule has 0 aliphatic heterocycles. The number of benzene rings is 1. The smallest absolute Gasteiger partial charge is 0.198 e. The second-order valence-corrected chi connectivity index (χ2v) is 3.97. The van der Waals surface area contributed by atoms with Crippen LogP contribution in [-0.4, -0.2) is 18.1 Å². The van der Waals surface area contributed by atoms with Gasteiger partial charge in [-0.3, -0.25) is 0 Å². The Hall–Kier alpha value is -1.55. The van der Waals surface area contributed by atoms with Crippen molar-refractivity contribution in [1.29, 1.82) is 0 Å². The molecule has 0 fully saturated rings. The largest absolute Gasteiger partial charge is 0.492 e. The molecule has 1 aromatic carbocycles. The van der Waals surface area contributed by atoms with Gasteiger partial charge >= 0.3 is 0 Å². The summed E-state index contributed by atoms with van der Waals surface area (Å²) in [5, 5.41) is 0. The van der Waals surface area contributed by atoms with Crippen molar-refractivity contribution in [3.63, 3.8) is 0 Å². The molecule has 2 rings (SSSR count). The molecule has 0 saturated carbocycles. The maximum Gasteiger partial charge on any atom is 0.198 e. The third-order valence-corrected chi connectivity index (χ3v) is 2.26. The highest BCUT2D eigenvalue weighted by atomic mass is 16.5. The Balaban J connectivity index is 2.30. The van der Waals surface area contributed by atoms with E-state index < -0.39 is 0 Å². The summed E-state index contributed by atoms with van der Waals surface area (Å²) >= 11 is 0. The third kappa shape index (κ3) is 2.17. The van der Waals surface area contributed by atoms with E-state index in [2.05, 4.69) is 18.8 Å². The van der Waals surface area contributed by atoms with E-state index in [9.17, 15) is 0 Å². The fourth-order valence-corrected chi connectivity index (χ4v) is 1.44. The Bertz CT molecular complexity index is 477. The van der Waals surface area contributed by atoms with E-state index in [1.165, 1.54) is 0 Å². The molecule has 0 aliphatic rings. The van der Waals surface area contributed by atoms with Gasteiger partial charge in [-0.15, -0.1) is 0 Å². The van der Waals surface area contributed by atoms with Crippen LogP contribution in [0.15, 0.2) is 22.6 Å². The molecule has 2 N–H and O–H groups in total. The van der Waals surface area contributed by atoms with Gasteiger partial charge in [0.05, 0.1) is 0 Å². The Morgan fingerprint density at radius 1 is 1.44 bits per heavy atom. The van der Waals surface area contributed by atoms with E-state index in [0.29, 0.717) is 19.1 Å². The standard InChI is InChI=1S/C12H16N2O2/c1-8(2)12-14-10-7-9(15-6-5-13)3-4-11(10)16-12/h3-4,7-8H,5-6,13H2,1-2H3. The lowest BCUT2D eigenvalue weighted by atomic mass is 10.2. The van der Waals surface area contributed by atoms with E-state index in [1.807, 2.05) is 18.2 Å². The average Bonchev–Trinajstić information content (AvgIpc) is 2.69. The molecule has 0 radical (unpaired) electrons. The number of aromatic nitrogens is 1. The van der Waals surface area contributed by atoms with Crippen molar-refractivity contribution < 1.29 is 9.15 Å². The summed E-state index contributed by atoms with van der Waals surface area (Å²) < 4.78 is 11.0. The molecule has 4 heteroatoms. The minimum absolute atomic E-state index is 0.292. The Labute approximate surface area is 94.4 Å². The normalized spacial score (nSPS) is 11.2. The average molecular weight is 220 g/mol. The van der Waals surface area contributed by atoms with Gasteiger partial charge in [-0.2, -0.15) is 0 Å². The number of nitrogens with zero attached hydrogens (tertiary/aromatic N) is 1. The minimum atomic E-state index is 0.292. The van der Waals surface area contributed by atoms with Crippen LogP contribution in [0.25, 0.3) is 11.1 Å². The first-order valence-electron chi connectivity index (χ1n) is 5.44. The van der Waals surface area contributed by atoms with Crippen molar-refractivity contribution in [3.05, 3.63) is 24.1 Å². The second kappa shape index (κ2) is 4.53. The van der Waals surface area contributed by atoms with Gasteiger partial charge in [0.15, 0.2) is 11.5 Å². The van der Waals surface area contributed by atoms with Gasteiger partial charge in [-0.1, -0.05) is 13.8 Å². The third-order valence-electron chi connectivity index (χ3n) is 2.26. The quantitative estimate of drug-likeness (QED) is 0.858. The number of hydrogen-bond acceptors (Lipinski definition) is 4. The molecular weight excluding hydrogens is 204 g/mol. The number of ether oxygens (including phenoxy) is 1. The zero-order chi connectivity index (χ0) is 11.5. The molecule has 0 unspecified atom stereocenters. The molecule has 0 spiro atoms. The topological polar surface area (TPSA) is 61.3 Å². The van der Waals surface area contributed by atoms with Crippen LogP contribution in [0.2, 0.25) is 0 Å². The first-order chi connectivity index (χ1) is 7.70. The van der Waals surface area contributed by atoms with Gasteiger partial charge < -0.3 is 14.9 Å². The number of nitrogens with two attached hydrogens (primary N) is 1. The number of hydrogen-bond donors (Lipinski definition) is 1. The molecule has 86 valence electrons. The number of oxazole rings is 1. The SMILES string of the molecule is CC(C)c1nc2cc(OCCN)ccc2o1. The highest BCUT2D eigenvalue weighted by Gasteiger charge is 2.09. The fourth-order valence-electron chi connectivity index (χ4n) is 1.44. The molecule has 4 nitrogen and oxygen atoms in total. The van der Waals surface area contributed by atoms with Gasteiger partial charge in [0.25, 0.3) is 0 Å². The molecule has 0 aliphatic carbocycles. The second-order valence-electron chi connectivity index (χ2n) is 3.97. The van der Waals surface area contributed by atoms with Crippen LogP contribution in [0.5, 0.6) is 5.75 Å². The molecular formula is C12H16N2O2. The molecule has 16 heavy (non-hydrogen) atoms. The summed E-state index contributed by atoms with van der Waals surface area (Å²) in [5.74, 6) is 1.83. The summed E-state index contributed by atoms with van der Waals surface area (Å²) in [6.45, 7) is 5.13. The first kappa shape index (κ1) is 11.0. The monoisotopic (exact) mass is 220 g/mol. The van der Waals surface area contributed by atoms with Crippen molar-refractivity contribution in [3.8, 4) is 5.75 Å². The Morgan fingerprint density at radius 2 is 2.25 bits per heavy atom. The number of fused-ring (bicyclic) bond motifs is 1. The van der Waals surface area contributed by atoms with E-state index in [4.69, 9.17) is 14.9 Å². The zero-order valence-electron chi connectivity index (χ0n) is 9.56. The van der Waals surface area contributed by atoms with E-state index in [-0.39, 0.29) is 0 Å². The summed E-state index contributed by atoms with van der Waals surface area (Å²) in [7, 11) is 0. The van der Waals surface area contributed by atoms with Crippen molar-refractivity contribution in [2.45, 2.75) is 19.8 Å². The lowest BCUT2D eigenvalue weighted by Gasteiger charge is -2.02. The van der Waals surface area contributed by atoms with E-state index in [0.717, 1.165) is 22.7 Å². The number of rotatable bonds is 4. The van der Waals surface area contributed by atoms with Gasteiger partial charge in [0.2, 0.25) is 0 Å². The predicted molar refractivity (Wildman–Crippen MR) is 62.6 cm³/mol. The van der Waals surface area contributed by atoms with Crippen LogP contribution in [0.3, 0.4) is 0 Å². The molecule has 0 atom stereocenters. The highest BCUT2D eigenvalue weighted by molar-refractivity contribution is 5.74. The molecule has 0 bridgehead atoms. The maximum absolute atomic E-state index is 5.60. The van der Waals surface area contributed by atoms with Crippen molar-refractivity contribution >= 4 is 11.1 Å². The minimum Gasteiger partial charge on any atom is -0.492 e. The van der Waals surface area contributed by atoms with Crippen molar-refractivity contribution in [1.82, 2.24) is 4.98 Å². The van der Waals surface area contributed by atoms with Gasteiger partial charge in [0.1, 0.15) is 17.9 Å². The Morgan fingerprint density at radius 3 is 2.94 bits per heavy atom. The van der Waals surface area contributed by atoms with Crippen LogP contribution in [-0.2, 0) is 0 Å². The molecule has 1 aromatic heterocycles. The summed E-state index contributed by atoms with van der Waals surface area (Å²) in [5.41, 5.74) is 7.00. The highest BCUT2D eigenvalue weighted by Crippen LogP contribution is 2.24. The summed E-state index contributed by atoms with van der Waals surface area (Å²) in [6.07, 6.45) is 0. The van der Waals surface area contributed by atoms with Gasteiger partial charge in [-0.05, 0) is 12.1 Å². The van der Waals surface area contributed by atoms with Crippen LogP contribution < -0.4 is 10.5 Å². The van der Waals surface area contributed by atoms with Crippen molar-refractivity contribution in [2.24, 2.45) is 5.73 Å². The zero-order valence-corrected chi connectivity index (χ0v) is 9.56. The van der Waals surface area contributed by atoms with Gasteiger partial charge in [-0.25, -0.2) is 4.98 Å². The van der Waals surface area contributed by atoms with Crippen LogP contribution in [0, 0.1) is 0 Å². The lowest BCUT2D eigenvalue weighted by Crippen LogP contribution is -2.10. The van der Waals surface area contributed by atoms with Crippen LogP contribution >= 0.6 is 0 Å². The predicted octanol–water partition coefficient (Wildman–Crippen LogP) is 2.29. The summed E-state index contributed by atoms with van der Waals surface area (Å²) in [6, 6.07) is 5.62. The Kier molecular flexibility index (Phi) is 3.10. The van der Waals surface area contributed by atoms with Gasteiger partial charge in [0, 0.05) is 18.5 Å².